The molecule has 1 aromatic rings. The largest absolute Gasteiger partial charge is 0.458 e. The molecule has 2 heteroatoms. The quantitative estimate of drug-likeness (QED) is 0.748. The van der Waals surface area contributed by atoms with Crippen molar-refractivity contribution in [1.29, 1.82) is 0 Å². The van der Waals surface area contributed by atoms with Crippen molar-refractivity contribution < 1.29 is 9.53 Å². The van der Waals surface area contributed by atoms with Crippen LogP contribution in [-0.4, -0.2) is 12.1 Å². The van der Waals surface area contributed by atoms with Crippen LogP contribution in [0.4, 0.5) is 0 Å². The molecule has 2 bridgehead atoms. The zero-order valence-electron chi connectivity index (χ0n) is 12.0. The molecule has 2 aliphatic rings. The topological polar surface area (TPSA) is 26.3 Å². The lowest BCUT2D eigenvalue weighted by molar-refractivity contribution is -0.0584. The second kappa shape index (κ2) is 4.09. The lowest BCUT2D eigenvalue weighted by atomic mass is 9.70. The Morgan fingerprint density at radius 3 is 2.47 bits per heavy atom. The number of carbonyl (C=O) groups is 1. The number of ether oxygens (including phenoxy) is 1. The van der Waals surface area contributed by atoms with E-state index in [1.54, 1.807) is 0 Å². The fourth-order valence-electron chi connectivity index (χ4n) is 4.30. The van der Waals surface area contributed by atoms with Crippen molar-refractivity contribution in [2.75, 3.05) is 0 Å². The molecule has 0 aromatic heterocycles. The second-order valence-corrected chi connectivity index (χ2v) is 7.07. The van der Waals surface area contributed by atoms with Crippen molar-refractivity contribution in [2.24, 2.45) is 16.7 Å². The summed E-state index contributed by atoms with van der Waals surface area (Å²) in [5, 5.41) is 0. The number of benzene rings is 1. The van der Waals surface area contributed by atoms with Crippen molar-refractivity contribution >= 4 is 5.97 Å². The Kier molecular flexibility index (Phi) is 2.74. The maximum absolute atomic E-state index is 12.3. The van der Waals surface area contributed by atoms with E-state index in [9.17, 15) is 4.79 Å². The highest BCUT2D eigenvalue weighted by atomic mass is 16.5. The van der Waals surface area contributed by atoms with E-state index >= 15 is 0 Å². The predicted octanol–water partition coefficient (Wildman–Crippen LogP) is 4.06. The number of hydrogen-bond acceptors (Lipinski definition) is 2. The van der Waals surface area contributed by atoms with Gasteiger partial charge in [-0.3, -0.25) is 0 Å². The summed E-state index contributed by atoms with van der Waals surface area (Å²) >= 11 is 0. The van der Waals surface area contributed by atoms with E-state index in [0.717, 1.165) is 0 Å². The zero-order valence-corrected chi connectivity index (χ0v) is 12.0. The monoisotopic (exact) mass is 258 g/mol. The standard InChI is InChI=1S/C17H22O2/c1-16(2)13-9-10-17(3,11-13)15(16)19-14(18)12-7-5-4-6-8-12/h4-8,13,15H,9-11H2,1-3H3. The van der Waals surface area contributed by atoms with Gasteiger partial charge in [0, 0.05) is 10.8 Å². The fourth-order valence-corrected chi connectivity index (χ4v) is 4.30. The third-order valence-corrected chi connectivity index (χ3v) is 5.37. The Labute approximate surface area is 115 Å². The van der Waals surface area contributed by atoms with E-state index in [-0.39, 0.29) is 22.9 Å². The van der Waals surface area contributed by atoms with Gasteiger partial charge in [-0.15, -0.1) is 0 Å². The molecule has 2 saturated carbocycles. The smallest absolute Gasteiger partial charge is 0.338 e. The van der Waals surface area contributed by atoms with Crippen LogP contribution in [0.2, 0.25) is 0 Å². The summed E-state index contributed by atoms with van der Waals surface area (Å²) in [7, 11) is 0. The van der Waals surface area contributed by atoms with E-state index < -0.39 is 0 Å². The first kappa shape index (κ1) is 12.7. The Bertz CT molecular complexity index is 486. The minimum absolute atomic E-state index is 0.0476. The molecule has 0 spiro atoms. The molecule has 0 amide bonds. The SMILES string of the molecule is CC12CCC(C1)C(C)(C)C2OC(=O)c1ccccc1. The normalized spacial score (nSPS) is 35.3. The Balaban J connectivity index is 1.82. The number of carbonyl (C=O) groups excluding carboxylic acids is 1. The maximum atomic E-state index is 12.3. The average Bonchev–Trinajstić information content (AvgIpc) is 2.87. The van der Waals surface area contributed by atoms with E-state index in [1.165, 1.54) is 19.3 Å². The Morgan fingerprint density at radius 2 is 1.89 bits per heavy atom. The highest BCUT2D eigenvalue weighted by Gasteiger charge is 2.61. The van der Waals surface area contributed by atoms with Crippen LogP contribution in [0.1, 0.15) is 50.4 Å². The summed E-state index contributed by atoms with van der Waals surface area (Å²) in [6.45, 7) is 6.79. The molecule has 3 rings (SSSR count). The Morgan fingerprint density at radius 1 is 1.21 bits per heavy atom. The van der Waals surface area contributed by atoms with Crippen LogP contribution in [0.15, 0.2) is 30.3 Å². The van der Waals surface area contributed by atoms with Crippen LogP contribution in [0.25, 0.3) is 0 Å². The molecule has 0 N–H and O–H groups in total. The zero-order chi connectivity index (χ0) is 13.7. The fraction of sp³-hybridized carbons (Fsp3) is 0.588. The van der Waals surface area contributed by atoms with Crippen LogP contribution >= 0.6 is 0 Å². The molecule has 0 radical (unpaired) electrons. The molecule has 2 aliphatic carbocycles. The van der Waals surface area contributed by atoms with Gasteiger partial charge < -0.3 is 4.74 Å². The average molecular weight is 258 g/mol. The number of hydrogen-bond donors (Lipinski definition) is 0. The third-order valence-electron chi connectivity index (χ3n) is 5.37. The van der Waals surface area contributed by atoms with Gasteiger partial charge in [0.25, 0.3) is 0 Å². The lowest BCUT2D eigenvalue weighted by Gasteiger charge is -2.41. The first-order valence-electron chi connectivity index (χ1n) is 7.19. The molecule has 0 aliphatic heterocycles. The number of fused-ring (bicyclic) bond motifs is 2. The summed E-state index contributed by atoms with van der Waals surface area (Å²) in [4.78, 5) is 12.3. The molecule has 2 fully saturated rings. The van der Waals surface area contributed by atoms with Gasteiger partial charge in [-0.2, -0.15) is 0 Å². The molecular weight excluding hydrogens is 236 g/mol. The molecular formula is C17H22O2. The van der Waals surface area contributed by atoms with Crippen molar-refractivity contribution in [3.8, 4) is 0 Å². The summed E-state index contributed by atoms with van der Waals surface area (Å²) in [6.07, 6.45) is 3.72. The van der Waals surface area contributed by atoms with Gasteiger partial charge in [0.05, 0.1) is 5.56 Å². The van der Waals surface area contributed by atoms with E-state index in [1.807, 2.05) is 30.3 Å². The Hall–Kier alpha value is -1.31. The molecule has 2 nitrogen and oxygen atoms in total. The highest BCUT2D eigenvalue weighted by molar-refractivity contribution is 5.89. The highest BCUT2D eigenvalue weighted by Crippen LogP contribution is 2.63. The summed E-state index contributed by atoms with van der Waals surface area (Å²) < 4.78 is 5.91. The van der Waals surface area contributed by atoms with Gasteiger partial charge in [-0.25, -0.2) is 4.79 Å². The number of esters is 1. The third kappa shape index (κ3) is 1.89. The van der Waals surface area contributed by atoms with Gasteiger partial charge >= 0.3 is 5.97 Å². The van der Waals surface area contributed by atoms with E-state index in [4.69, 9.17) is 4.74 Å². The van der Waals surface area contributed by atoms with Crippen LogP contribution in [-0.2, 0) is 4.74 Å². The molecule has 102 valence electrons. The van der Waals surface area contributed by atoms with Gasteiger partial charge in [0.15, 0.2) is 0 Å². The van der Waals surface area contributed by atoms with Crippen LogP contribution in [0, 0.1) is 16.7 Å². The van der Waals surface area contributed by atoms with Gasteiger partial charge in [-0.1, -0.05) is 39.0 Å². The molecule has 0 heterocycles. The molecule has 19 heavy (non-hydrogen) atoms. The van der Waals surface area contributed by atoms with Crippen molar-refractivity contribution in [3.63, 3.8) is 0 Å². The number of rotatable bonds is 2. The maximum Gasteiger partial charge on any atom is 0.338 e. The summed E-state index contributed by atoms with van der Waals surface area (Å²) in [6, 6.07) is 9.32. The molecule has 0 saturated heterocycles. The summed E-state index contributed by atoms with van der Waals surface area (Å²) in [5.74, 6) is 0.526. The van der Waals surface area contributed by atoms with E-state index in [2.05, 4.69) is 20.8 Å². The summed E-state index contributed by atoms with van der Waals surface area (Å²) in [5.41, 5.74) is 0.945. The molecule has 1 aromatic carbocycles. The first-order chi connectivity index (χ1) is 8.93. The van der Waals surface area contributed by atoms with Crippen molar-refractivity contribution in [3.05, 3.63) is 35.9 Å². The van der Waals surface area contributed by atoms with E-state index in [0.29, 0.717) is 11.5 Å². The minimum Gasteiger partial charge on any atom is -0.458 e. The first-order valence-corrected chi connectivity index (χ1v) is 7.19. The van der Waals surface area contributed by atoms with Crippen LogP contribution < -0.4 is 0 Å². The van der Waals surface area contributed by atoms with Crippen LogP contribution in [0.3, 0.4) is 0 Å². The predicted molar refractivity (Wildman–Crippen MR) is 74.9 cm³/mol. The molecule has 3 unspecified atom stereocenters. The van der Waals surface area contributed by atoms with Crippen molar-refractivity contribution in [2.45, 2.75) is 46.1 Å². The van der Waals surface area contributed by atoms with Crippen LogP contribution in [0.5, 0.6) is 0 Å². The van der Waals surface area contributed by atoms with Gasteiger partial charge in [-0.05, 0) is 37.3 Å². The second-order valence-electron chi connectivity index (χ2n) is 7.07. The van der Waals surface area contributed by atoms with Gasteiger partial charge in [0.2, 0.25) is 0 Å². The minimum atomic E-state index is -0.174. The molecule has 3 atom stereocenters. The van der Waals surface area contributed by atoms with Gasteiger partial charge in [0.1, 0.15) is 6.10 Å². The van der Waals surface area contributed by atoms with Crippen molar-refractivity contribution in [1.82, 2.24) is 0 Å². The lowest BCUT2D eigenvalue weighted by Crippen LogP contribution is -2.43.